The molecule has 2 rings (SSSR count). The number of nitrogens with zero attached hydrogens (tertiary/aromatic N) is 2. The lowest BCUT2D eigenvalue weighted by Crippen LogP contribution is -2.35. The van der Waals surface area contributed by atoms with Gasteiger partial charge in [0, 0.05) is 26.1 Å². The molecule has 2 aliphatic heterocycles. The van der Waals surface area contributed by atoms with E-state index in [9.17, 15) is 9.59 Å². The SMILES string of the molecule is CN1CCC(C2CN(CCCC(=O)O)C(=O)N2)C1. The standard InChI is InChI=1S/C12H21N3O3/c1-14-6-4-9(7-14)10-8-15(12(18)13-10)5-2-3-11(16)17/h9-10H,2-8H2,1H3,(H,13,18)(H,16,17). The van der Waals surface area contributed by atoms with Gasteiger partial charge in [-0.15, -0.1) is 0 Å². The Kier molecular flexibility index (Phi) is 4.06. The number of hydrogen-bond donors (Lipinski definition) is 2. The van der Waals surface area contributed by atoms with Crippen molar-refractivity contribution in [3.05, 3.63) is 0 Å². The van der Waals surface area contributed by atoms with Crippen molar-refractivity contribution in [1.82, 2.24) is 15.1 Å². The highest BCUT2D eigenvalue weighted by molar-refractivity contribution is 5.77. The minimum atomic E-state index is -0.802. The third kappa shape index (κ3) is 3.13. The number of carbonyl (C=O) groups is 2. The molecule has 2 unspecified atom stereocenters. The van der Waals surface area contributed by atoms with Gasteiger partial charge in [-0.1, -0.05) is 0 Å². The molecule has 2 heterocycles. The summed E-state index contributed by atoms with van der Waals surface area (Å²) < 4.78 is 0. The second kappa shape index (κ2) is 5.56. The van der Waals surface area contributed by atoms with E-state index in [-0.39, 0.29) is 18.5 Å². The van der Waals surface area contributed by atoms with E-state index in [1.54, 1.807) is 4.90 Å². The van der Waals surface area contributed by atoms with Gasteiger partial charge in [-0.3, -0.25) is 4.79 Å². The molecule has 0 radical (unpaired) electrons. The van der Waals surface area contributed by atoms with Crippen molar-refractivity contribution in [2.24, 2.45) is 5.92 Å². The Labute approximate surface area is 107 Å². The highest BCUT2D eigenvalue weighted by atomic mass is 16.4. The van der Waals surface area contributed by atoms with Crippen molar-refractivity contribution in [1.29, 1.82) is 0 Å². The Hall–Kier alpha value is -1.30. The Balaban J connectivity index is 1.77. The van der Waals surface area contributed by atoms with Gasteiger partial charge in [0.05, 0.1) is 6.04 Å². The molecule has 2 aliphatic rings. The molecule has 2 fully saturated rings. The molecule has 102 valence electrons. The highest BCUT2D eigenvalue weighted by Crippen LogP contribution is 2.22. The molecule has 0 aromatic heterocycles. The molecule has 0 aliphatic carbocycles. The number of carboxylic acids is 1. The maximum absolute atomic E-state index is 11.8. The summed E-state index contributed by atoms with van der Waals surface area (Å²) in [5, 5.41) is 11.6. The van der Waals surface area contributed by atoms with Gasteiger partial charge >= 0.3 is 12.0 Å². The van der Waals surface area contributed by atoms with E-state index >= 15 is 0 Å². The van der Waals surface area contributed by atoms with Crippen LogP contribution in [0.4, 0.5) is 4.79 Å². The maximum Gasteiger partial charge on any atom is 0.317 e. The lowest BCUT2D eigenvalue weighted by atomic mass is 10.00. The topological polar surface area (TPSA) is 72.9 Å². The molecular formula is C12H21N3O3. The van der Waals surface area contributed by atoms with E-state index in [1.165, 1.54) is 0 Å². The lowest BCUT2D eigenvalue weighted by molar-refractivity contribution is -0.137. The number of likely N-dealkylation sites (tertiary alicyclic amines) is 1. The smallest absolute Gasteiger partial charge is 0.317 e. The first-order chi connectivity index (χ1) is 8.56. The van der Waals surface area contributed by atoms with Gasteiger partial charge in [-0.25, -0.2) is 4.79 Å². The monoisotopic (exact) mass is 255 g/mol. The van der Waals surface area contributed by atoms with Crippen molar-refractivity contribution >= 4 is 12.0 Å². The van der Waals surface area contributed by atoms with Crippen LogP contribution in [0.5, 0.6) is 0 Å². The van der Waals surface area contributed by atoms with Crippen LogP contribution < -0.4 is 5.32 Å². The number of urea groups is 1. The summed E-state index contributed by atoms with van der Waals surface area (Å²) in [4.78, 5) is 26.2. The summed E-state index contributed by atoms with van der Waals surface area (Å²) >= 11 is 0. The Morgan fingerprint density at radius 1 is 1.50 bits per heavy atom. The normalized spacial score (nSPS) is 28.7. The number of carboxylic acid groups (broad SMARTS) is 1. The molecular weight excluding hydrogens is 234 g/mol. The molecule has 2 N–H and O–H groups in total. The highest BCUT2D eigenvalue weighted by Gasteiger charge is 2.36. The van der Waals surface area contributed by atoms with Crippen LogP contribution in [0.15, 0.2) is 0 Å². The fourth-order valence-electron chi connectivity index (χ4n) is 2.79. The van der Waals surface area contributed by atoms with Crippen LogP contribution in [0.3, 0.4) is 0 Å². The summed E-state index contributed by atoms with van der Waals surface area (Å²) in [5.41, 5.74) is 0. The summed E-state index contributed by atoms with van der Waals surface area (Å²) in [6.07, 6.45) is 1.78. The summed E-state index contributed by atoms with van der Waals surface area (Å²) in [5.74, 6) is -0.271. The van der Waals surface area contributed by atoms with Gasteiger partial charge < -0.3 is 20.2 Å². The molecule has 0 aromatic rings. The van der Waals surface area contributed by atoms with Gasteiger partial charge in [0.25, 0.3) is 0 Å². The molecule has 0 spiro atoms. The van der Waals surface area contributed by atoms with E-state index in [2.05, 4.69) is 17.3 Å². The molecule has 2 saturated heterocycles. The Morgan fingerprint density at radius 2 is 2.28 bits per heavy atom. The number of nitrogens with one attached hydrogen (secondary N) is 1. The number of aliphatic carboxylic acids is 1. The van der Waals surface area contributed by atoms with E-state index in [0.29, 0.717) is 18.9 Å². The zero-order chi connectivity index (χ0) is 13.1. The van der Waals surface area contributed by atoms with Crippen LogP contribution >= 0.6 is 0 Å². The average molecular weight is 255 g/mol. The minimum absolute atomic E-state index is 0.0417. The van der Waals surface area contributed by atoms with Crippen molar-refractivity contribution in [2.75, 3.05) is 33.2 Å². The number of rotatable bonds is 5. The summed E-state index contributed by atoms with van der Waals surface area (Å²) in [6, 6.07) is 0.187. The van der Waals surface area contributed by atoms with Crippen LogP contribution in [0.25, 0.3) is 0 Å². The van der Waals surface area contributed by atoms with Crippen LogP contribution in [0.1, 0.15) is 19.3 Å². The van der Waals surface area contributed by atoms with E-state index in [1.807, 2.05) is 0 Å². The van der Waals surface area contributed by atoms with Crippen LogP contribution in [-0.4, -0.2) is 66.2 Å². The van der Waals surface area contributed by atoms with Gasteiger partial charge in [-0.2, -0.15) is 0 Å². The molecule has 2 atom stereocenters. The van der Waals surface area contributed by atoms with Crippen molar-refractivity contribution in [3.63, 3.8) is 0 Å². The fourth-order valence-corrected chi connectivity index (χ4v) is 2.79. The van der Waals surface area contributed by atoms with Crippen LogP contribution in [0, 0.1) is 5.92 Å². The van der Waals surface area contributed by atoms with Crippen molar-refractivity contribution in [3.8, 4) is 0 Å². The summed E-state index contributed by atoms with van der Waals surface area (Å²) in [6.45, 7) is 3.39. The van der Waals surface area contributed by atoms with Gasteiger partial charge in [0.15, 0.2) is 0 Å². The largest absolute Gasteiger partial charge is 0.481 e. The van der Waals surface area contributed by atoms with Crippen molar-refractivity contribution in [2.45, 2.75) is 25.3 Å². The molecule has 0 saturated carbocycles. The third-order valence-electron chi connectivity index (χ3n) is 3.83. The minimum Gasteiger partial charge on any atom is -0.481 e. The first kappa shape index (κ1) is 13.1. The molecule has 18 heavy (non-hydrogen) atoms. The first-order valence-electron chi connectivity index (χ1n) is 6.52. The Bertz CT molecular complexity index is 335. The fraction of sp³-hybridized carbons (Fsp3) is 0.833. The molecule has 0 aromatic carbocycles. The average Bonchev–Trinajstić information content (AvgIpc) is 2.86. The maximum atomic E-state index is 11.8. The third-order valence-corrected chi connectivity index (χ3v) is 3.83. The Morgan fingerprint density at radius 3 is 2.89 bits per heavy atom. The lowest BCUT2D eigenvalue weighted by Gasteiger charge is -2.18. The van der Waals surface area contributed by atoms with Crippen molar-refractivity contribution < 1.29 is 14.7 Å². The van der Waals surface area contributed by atoms with Gasteiger partial charge in [-0.05, 0) is 32.4 Å². The number of amides is 2. The quantitative estimate of drug-likeness (QED) is 0.736. The van der Waals surface area contributed by atoms with Gasteiger partial charge in [0.2, 0.25) is 0 Å². The van der Waals surface area contributed by atoms with Crippen LogP contribution in [0.2, 0.25) is 0 Å². The van der Waals surface area contributed by atoms with Crippen LogP contribution in [-0.2, 0) is 4.79 Å². The molecule has 6 nitrogen and oxygen atoms in total. The first-order valence-corrected chi connectivity index (χ1v) is 6.52. The van der Waals surface area contributed by atoms with E-state index < -0.39 is 5.97 Å². The number of hydrogen-bond acceptors (Lipinski definition) is 3. The predicted molar refractivity (Wildman–Crippen MR) is 66.4 cm³/mol. The second-order valence-electron chi connectivity index (χ2n) is 5.31. The second-order valence-corrected chi connectivity index (χ2v) is 5.31. The van der Waals surface area contributed by atoms with E-state index in [4.69, 9.17) is 5.11 Å². The molecule has 6 heteroatoms. The molecule has 0 bridgehead atoms. The number of carbonyl (C=O) groups excluding carboxylic acids is 1. The van der Waals surface area contributed by atoms with E-state index in [0.717, 1.165) is 26.1 Å². The zero-order valence-electron chi connectivity index (χ0n) is 10.8. The molecule has 2 amide bonds. The zero-order valence-corrected chi connectivity index (χ0v) is 10.8. The summed E-state index contributed by atoms with van der Waals surface area (Å²) in [7, 11) is 2.10. The van der Waals surface area contributed by atoms with Gasteiger partial charge in [0.1, 0.15) is 0 Å². The predicted octanol–water partition coefficient (Wildman–Crippen LogP) is 0.197.